The van der Waals surface area contributed by atoms with E-state index in [0.29, 0.717) is 36.5 Å². The first kappa shape index (κ1) is 15.6. The monoisotopic (exact) mass is 331 g/mol. The van der Waals surface area contributed by atoms with Crippen molar-refractivity contribution >= 4 is 23.5 Å². The molecular formula is C17H25N5O2. The topological polar surface area (TPSA) is 93.4 Å². The van der Waals surface area contributed by atoms with E-state index in [4.69, 9.17) is 10.5 Å². The molecule has 1 aliphatic carbocycles. The number of hydrogen-bond donors (Lipinski definition) is 2. The Hall–Kier alpha value is -1.89. The molecule has 0 bridgehead atoms. The maximum Gasteiger partial charge on any atom is 0.232 e. The van der Waals surface area contributed by atoms with Crippen molar-refractivity contribution in [3.05, 3.63) is 5.56 Å². The number of nitrogens with one attached hydrogen (secondary N) is 1. The summed E-state index contributed by atoms with van der Waals surface area (Å²) in [4.78, 5) is 23.2. The van der Waals surface area contributed by atoms with Gasteiger partial charge in [-0.1, -0.05) is 12.8 Å². The van der Waals surface area contributed by atoms with Gasteiger partial charge in [0.05, 0.1) is 6.42 Å². The van der Waals surface area contributed by atoms with Crippen molar-refractivity contribution in [2.24, 2.45) is 11.8 Å². The molecule has 1 aromatic rings. The molecule has 1 aromatic heterocycles. The van der Waals surface area contributed by atoms with Crippen LogP contribution in [0.15, 0.2) is 0 Å². The third kappa shape index (κ3) is 3.31. The predicted octanol–water partition coefficient (Wildman–Crippen LogP) is 1.59. The Labute approximate surface area is 142 Å². The van der Waals surface area contributed by atoms with E-state index in [-0.39, 0.29) is 5.91 Å². The number of amides is 1. The summed E-state index contributed by atoms with van der Waals surface area (Å²) in [6.45, 7) is 3.11. The molecule has 1 amide bonds. The molecule has 3 aliphatic rings. The van der Waals surface area contributed by atoms with Crippen molar-refractivity contribution in [3.63, 3.8) is 0 Å². The van der Waals surface area contributed by atoms with Gasteiger partial charge in [0.15, 0.2) is 0 Å². The maximum absolute atomic E-state index is 12.4. The van der Waals surface area contributed by atoms with Gasteiger partial charge in [-0.25, -0.2) is 0 Å². The molecule has 7 heteroatoms. The Morgan fingerprint density at radius 2 is 1.96 bits per heavy atom. The number of carbonyl (C=O) groups excluding carboxylic acids is 1. The quantitative estimate of drug-likeness (QED) is 0.822. The van der Waals surface area contributed by atoms with Crippen LogP contribution in [-0.2, 0) is 16.0 Å². The lowest BCUT2D eigenvalue weighted by molar-refractivity contribution is -0.117. The zero-order chi connectivity index (χ0) is 16.5. The Balaban J connectivity index is 1.48. The molecule has 2 fully saturated rings. The molecule has 0 unspecified atom stereocenters. The van der Waals surface area contributed by atoms with Gasteiger partial charge in [0, 0.05) is 31.9 Å². The minimum atomic E-state index is 0.0765. The average Bonchev–Trinajstić information content (AvgIpc) is 3.35. The van der Waals surface area contributed by atoms with Gasteiger partial charge in [-0.3, -0.25) is 9.69 Å². The molecule has 0 aromatic carbocycles. The number of nitrogens with zero attached hydrogens (tertiary/aromatic N) is 3. The zero-order valence-electron chi connectivity index (χ0n) is 14.0. The summed E-state index contributed by atoms with van der Waals surface area (Å²) in [5, 5.41) is 3.27. The number of nitrogens with two attached hydrogens (primary N) is 1. The van der Waals surface area contributed by atoms with Crippen molar-refractivity contribution in [2.75, 3.05) is 42.3 Å². The van der Waals surface area contributed by atoms with Crippen LogP contribution in [0.5, 0.6) is 0 Å². The minimum Gasteiger partial charge on any atom is -0.383 e. The molecule has 24 heavy (non-hydrogen) atoms. The highest BCUT2D eigenvalue weighted by atomic mass is 16.5. The van der Waals surface area contributed by atoms with Crippen molar-refractivity contribution < 1.29 is 9.53 Å². The van der Waals surface area contributed by atoms with Crippen LogP contribution >= 0.6 is 0 Å². The van der Waals surface area contributed by atoms with E-state index in [2.05, 4.69) is 15.3 Å². The molecule has 0 spiro atoms. The number of rotatable bonds is 6. The predicted molar refractivity (Wildman–Crippen MR) is 91.9 cm³/mol. The molecule has 3 heterocycles. The summed E-state index contributed by atoms with van der Waals surface area (Å²) in [6.07, 6.45) is 6.11. The summed E-state index contributed by atoms with van der Waals surface area (Å²) in [6, 6.07) is 0. The number of ether oxygens (including phenoxy) is 1. The first-order valence-electron chi connectivity index (χ1n) is 8.99. The lowest BCUT2D eigenvalue weighted by atomic mass is 10.00. The Morgan fingerprint density at radius 3 is 2.71 bits per heavy atom. The third-order valence-electron chi connectivity index (χ3n) is 5.22. The van der Waals surface area contributed by atoms with Crippen LogP contribution in [0.1, 0.15) is 37.7 Å². The number of aromatic nitrogens is 2. The molecule has 0 radical (unpaired) electrons. The first-order valence-corrected chi connectivity index (χ1v) is 8.99. The van der Waals surface area contributed by atoms with Crippen LogP contribution in [0.4, 0.5) is 17.6 Å². The van der Waals surface area contributed by atoms with Crippen LogP contribution in [0.25, 0.3) is 0 Å². The second kappa shape index (κ2) is 6.55. The highest BCUT2D eigenvalue weighted by molar-refractivity contribution is 6.01. The van der Waals surface area contributed by atoms with Crippen LogP contribution in [0.3, 0.4) is 0 Å². The van der Waals surface area contributed by atoms with Gasteiger partial charge in [-0.15, -0.1) is 0 Å². The van der Waals surface area contributed by atoms with E-state index >= 15 is 0 Å². The van der Waals surface area contributed by atoms with Gasteiger partial charge in [0.2, 0.25) is 11.9 Å². The van der Waals surface area contributed by atoms with Crippen LogP contribution in [-0.4, -0.2) is 42.2 Å². The fourth-order valence-corrected chi connectivity index (χ4v) is 3.50. The van der Waals surface area contributed by atoms with Crippen LogP contribution in [0, 0.1) is 11.8 Å². The molecule has 4 rings (SSSR count). The van der Waals surface area contributed by atoms with Gasteiger partial charge < -0.3 is 15.8 Å². The SMILES string of the molecule is Nc1nc(NCCC2CC2)nc2c1CC(=O)N2CC1CCOCC1. The van der Waals surface area contributed by atoms with Crippen molar-refractivity contribution in [1.82, 2.24) is 9.97 Å². The van der Waals surface area contributed by atoms with Crippen LogP contribution < -0.4 is 16.0 Å². The van der Waals surface area contributed by atoms with E-state index in [0.717, 1.165) is 50.5 Å². The van der Waals surface area contributed by atoms with E-state index < -0.39 is 0 Å². The number of anilines is 3. The van der Waals surface area contributed by atoms with Crippen LogP contribution in [0.2, 0.25) is 0 Å². The Morgan fingerprint density at radius 1 is 1.17 bits per heavy atom. The molecule has 3 N–H and O–H groups in total. The molecule has 1 saturated heterocycles. The van der Waals surface area contributed by atoms with Crippen molar-refractivity contribution in [1.29, 1.82) is 0 Å². The molecular weight excluding hydrogens is 306 g/mol. The number of nitrogen functional groups attached to an aromatic ring is 1. The normalized spacial score (nSPS) is 21.2. The molecule has 1 saturated carbocycles. The lowest BCUT2D eigenvalue weighted by Gasteiger charge is -2.27. The van der Waals surface area contributed by atoms with E-state index in [1.54, 1.807) is 4.90 Å². The summed E-state index contributed by atoms with van der Waals surface area (Å²) in [5.41, 5.74) is 6.86. The second-order valence-corrected chi connectivity index (χ2v) is 7.13. The fraction of sp³-hybridized carbons (Fsp3) is 0.706. The summed E-state index contributed by atoms with van der Waals surface area (Å²) in [5.74, 6) is 3.07. The lowest BCUT2D eigenvalue weighted by Crippen LogP contribution is -2.35. The highest BCUT2D eigenvalue weighted by Gasteiger charge is 2.33. The van der Waals surface area contributed by atoms with Crippen molar-refractivity contribution in [2.45, 2.75) is 38.5 Å². The Kier molecular flexibility index (Phi) is 4.26. The van der Waals surface area contributed by atoms with Gasteiger partial charge in [-0.05, 0) is 31.1 Å². The second-order valence-electron chi connectivity index (χ2n) is 7.13. The van der Waals surface area contributed by atoms with Gasteiger partial charge in [0.25, 0.3) is 0 Å². The largest absolute Gasteiger partial charge is 0.383 e. The third-order valence-corrected chi connectivity index (χ3v) is 5.22. The standard InChI is InChI=1S/C17H25N5O2/c18-15-13-9-14(23)22(10-12-4-7-24-8-5-12)16(13)21-17(20-15)19-6-3-11-1-2-11/h11-12H,1-10H2,(H3,18,19,20,21). The fourth-order valence-electron chi connectivity index (χ4n) is 3.50. The van der Waals surface area contributed by atoms with E-state index in [1.807, 2.05) is 0 Å². The Bertz CT molecular complexity index is 626. The van der Waals surface area contributed by atoms with Gasteiger partial charge in [-0.2, -0.15) is 9.97 Å². The first-order chi connectivity index (χ1) is 11.7. The van der Waals surface area contributed by atoms with Gasteiger partial charge in [0.1, 0.15) is 11.6 Å². The van der Waals surface area contributed by atoms with E-state index in [1.165, 1.54) is 12.8 Å². The summed E-state index contributed by atoms with van der Waals surface area (Å²) < 4.78 is 5.41. The number of fused-ring (bicyclic) bond motifs is 1. The summed E-state index contributed by atoms with van der Waals surface area (Å²) >= 11 is 0. The average molecular weight is 331 g/mol. The van der Waals surface area contributed by atoms with Gasteiger partial charge >= 0.3 is 0 Å². The number of carbonyl (C=O) groups is 1. The molecule has 7 nitrogen and oxygen atoms in total. The van der Waals surface area contributed by atoms with Crippen molar-refractivity contribution in [3.8, 4) is 0 Å². The molecule has 2 aliphatic heterocycles. The smallest absolute Gasteiger partial charge is 0.232 e. The number of hydrogen-bond acceptors (Lipinski definition) is 6. The zero-order valence-corrected chi connectivity index (χ0v) is 14.0. The van der Waals surface area contributed by atoms with E-state index in [9.17, 15) is 4.79 Å². The molecule has 0 atom stereocenters. The maximum atomic E-state index is 12.4. The highest BCUT2D eigenvalue weighted by Crippen LogP contribution is 2.34. The minimum absolute atomic E-state index is 0.0765. The molecule has 130 valence electrons. The summed E-state index contributed by atoms with van der Waals surface area (Å²) in [7, 11) is 0.